The molecule has 0 spiro atoms. The van der Waals surface area contributed by atoms with E-state index in [4.69, 9.17) is 10.8 Å². The van der Waals surface area contributed by atoms with Crippen molar-refractivity contribution in [2.45, 2.75) is 12.5 Å². The van der Waals surface area contributed by atoms with Gasteiger partial charge in [-0.15, -0.1) is 0 Å². The fraction of sp³-hybridized carbons (Fsp3) is 0.500. The van der Waals surface area contributed by atoms with E-state index in [2.05, 4.69) is 10.7 Å². The van der Waals surface area contributed by atoms with Gasteiger partial charge in [0.15, 0.2) is 0 Å². The smallest absolute Gasteiger partial charge is 0.326 e. The third-order valence-corrected chi connectivity index (χ3v) is 0.835. The van der Waals surface area contributed by atoms with E-state index in [9.17, 15) is 9.59 Å². The molecule has 0 amide bonds. The highest BCUT2D eigenvalue weighted by molar-refractivity contribution is 5.80. The van der Waals surface area contributed by atoms with Crippen molar-refractivity contribution in [2.24, 2.45) is 11.6 Å². The molecule has 0 bridgehead atoms. The van der Waals surface area contributed by atoms with Crippen LogP contribution in [-0.2, 0) is 14.4 Å². The topological polar surface area (TPSA) is 116 Å². The summed E-state index contributed by atoms with van der Waals surface area (Å²) in [4.78, 5) is 23.9. The summed E-state index contributed by atoms with van der Waals surface area (Å²) in [7, 11) is 0. The molecule has 5 N–H and O–H groups in total. The molecule has 1 unspecified atom stereocenters. The highest BCUT2D eigenvalue weighted by Crippen LogP contribution is 1.88. The van der Waals surface area contributed by atoms with Crippen LogP contribution < -0.4 is 11.6 Å². The quantitative estimate of drug-likeness (QED) is 0.407. The molecular formula is C4H8N2O4. The monoisotopic (exact) mass is 148 g/mol. The SMILES string of the molecule is NOC(=O)CC(N)C(=O)O. The van der Waals surface area contributed by atoms with E-state index in [1.54, 1.807) is 0 Å². The van der Waals surface area contributed by atoms with Crippen LogP contribution in [0.5, 0.6) is 0 Å². The van der Waals surface area contributed by atoms with Crippen LogP contribution >= 0.6 is 0 Å². The Kier molecular flexibility index (Phi) is 3.37. The van der Waals surface area contributed by atoms with Gasteiger partial charge in [-0.2, -0.15) is 5.90 Å². The summed E-state index contributed by atoms with van der Waals surface area (Å²) < 4.78 is 0. The van der Waals surface area contributed by atoms with E-state index in [0.717, 1.165) is 0 Å². The zero-order valence-corrected chi connectivity index (χ0v) is 5.11. The fourth-order valence-electron chi connectivity index (χ4n) is 0.315. The molecule has 6 heteroatoms. The Morgan fingerprint density at radius 3 is 2.40 bits per heavy atom. The van der Waals surface area contributed by atoms with Crippen molar-refractivity contribution in [3.63, 3.8) is 0 Å². The van der Waals surface area contributed by atoms with Gasteiger partial charge < -0.3 is 15.7 Å². The van der Waals surface area contributed by atoms with Crippen molar-refractivity contribution in [1.29, 1.82) is 0 Å². The second-order valence-electron chi connectivity index (χ2n) is 1.64. The third-order valence-electron chi connectivity index (χ3n) is 0.835. The first-order valence-corrected chi connectivity index (χ1v) is 2.46. The zero-order chi connectivity index (χ0) is 8.15. The number of carbonyl (C=O) groups is 2. The first-order chi connectivity index (χ1) is 4.57. The van der Waals surface area contributed by atoms with Crippen molar-refractivity contribution in [2.75, 3.05) is 0 Å². The van der Waals surface area contributed by atoms with Gasteiger partial charge >= 0.3 is 11.9 Å². The molecule has 0 saturated heterocycles. The standard InChI is InChI=1S/C4H8N2O4/c5-2(4(8)9)1-3(7)10-6/h2H,1,5-6H2,(H,8,9). The van der Waals surface area contributed by atoms with Crippen molar-refractivity contribution in [3.8, 4) is 0 Å². The lowest BCUT2D eigenvalue weighted by Gasteiger charge is -2.01. The van der Waals surface area contributed by atoms with Crippen LogP contribution in [-0.4, -0.2) is 23.1 Å². The van der Waals surface area contributed by atoms with Crippen LogP contribution in [0.3, 0.4) is 0 Å². The van der Waals surface area contributed by atoms with Crippen LogP contribution in [0.15, 0.2) is 0 Å². The fourth-order valence-corrected chi connectivity index (χ4v) is 0.315. The van der Waals surface area contributed by atoms with E-state index >= 15 is 0 Å². The van der Waals surface area contributed by atoms with Gasteiger partial charge in [-0.05, 0) is 0 Å². The normalized spacial score (nSPS) is 12.2. The molecule has 0 aromatic heterocycles. The second-order valence-corrected chi connectivity index (χ2v) is 1.64. The Morgan fingerprint density at radius 2 is 2.10 bits per heavy atom. The summed E-state index contributed by atoms with van der Waals surface area (Å²) in [6, 6.07) is -1.24. The first kappa shape index (κ1) is 8.86. The van der Waals surface area contributed by atoms with Gasteiger partial charge in [0.25, 0.3) is 0 Å². The minimum atomic E-state index is -1.26. The Labute approximate surface area is 56.7 Å². The molecule has 0 saturated carbocycles. The minimum Gasteiger partial charge on any atom is -0.480 e. The molecule has 0 heterocycles. The number of hydrogen-bond donors (Lipinski definition) is 3. The molecule has 0 aliphatic heterocycles. The largest absolute Gasteiger partial charge is 0.480 e. The summed E-state index contributed by atoms with van der Waals surface area (Å²) in [5, 5.41) is 8.15. The minimum absolute atomic E-state index is 0.411. The summed E-state index contributed by atoms with van der Waals surface area (Å²) in [6.45, 7) is 0. The van der Waals surface area contributed by atoms with Crippen molar-refractivity contribution in [3.05, 3.63) is 0 Å². The predicted molar refractivity (Wildman–Crippen MR) is 30.5 cm³/mol. The maximum atomic E-state index is 10.2. The van der Waals surface area contributed by atoms with E-state index in [-0.39, 0.29) is 0 Å². The molecule has 6 nitrogen and oxygen atoms in total. The summed E-state index contributed by atoms with van der Waals surface area (Å²) >= 11 is 0. The van der Waals surface area contributed by atoms with Crippen molar-refractivity contribution < 1.29 is 19.5 Å². The molecule has 1 atom stereocenters. The lowest BCUT2D eigenvalue weighted by atomic mass is 10.2. The van der Waals surface area contributed by atoms with E-state index in [1.807, 2.05) is 0 Å². The van der Waals surface area contributed by atoms with Gasteiger partial charge in [0.1, 0.15) is 6.04 Å². The average molecular weight is 148 g/mol. The van der Waals surface area contributed by atoms with Crippen LogP contribution in [0.4, 0.5) is 0 Å². The van der Waals surface area contributed by atoms with Crippen LogP contribution in [0.2, 0.25) is 0 Å². The molecule has 0 radical (unpaired) electrons. The zero-order valence-electron chi connectivity index (χ0n) is 5.11. The lowest BCUT2D eigenvalue weighted by Crippen LogP contribution is -2.33. The van der Waals surface area contributed by atoms with Crippen molar-refractivity contribution in [1.82, 2.24) is 0 Å². The Morgan fingerprint density at radius 1 is 1.60 bits per heavy atom. The molecule has 0 fully saturated rings. The summed E-state index contributed by atoms with van der Waals surface area (Å²) in [5.74, 6) is 2.33. The molecule has 0 aromatic rings. The molecule has 0 rings (SSSR count). The number of hydrogen-bond acceptors (Lipinski definition) is 5. The van der Waals surface area contributed by atoms with Crippen LogP contribution in [0, 0.1) is 0 Å². The van der Waals surface area contributed by atoms with Gasteiger partial charge in [0, 0.05) is 0 Å². The van der Waals surface area contributed by atoms with Gasteiger partial charge in [0.05, 0.1) is 6.42 Å². The van der Waals surface area contributed by atoms with E-state index < -0.39 is 24.4 Å². The number of carboxylic acids is 1. The maximum Gasteiger partial charge on any atom is 0.326 e. The van der Waals surface area contributed by atoms with Gasteiger partial charge in [-0.1, -0.05) is 0 Å². The highest BCUT2D eigenvalue weighted by Gasteiger charge is 2.16. The van der Waals surface area contributed by atoms with E-state index in [1.165, 1.54) is 0 Å². The molecule has 0 aliphatic rings. The molecule has 10 heavy (non-hydrogen) atoms. The van der Waals surface area contributed by atoms with Crippen LogP contribution in [0.1, 0.15) is 6.42 Å². The first-order valence-electron chi connectivity index (χ1n) is 2.46. The number of aliphatic carboxylic acids is 1. The van der Waals surface area contributed by atoms with Crippen LogP contribution in [0.25, 0.3) is 0 Å². The average Bonchev–Trinajstić information content (AvgIpc) is 1.87. The van der Waals surface area contributed by atoms with Gasteiger partial charge in [0.2, 0.25) is 0 Å². The number of carboxylic acid groups (broad SMARTS) is 1. The van der Waals surface area contributed by atoms with Gasteiger partial charge in [-0.25, -0.2) is 0 Å². The Bertz CT molecular complexity index is 146. The molecule has 58 valence electrons. The number of nitrogens with two attached hydrogens (primary N) is 2. The Balaban J connectivity index is 3.68. The Hall–Kier alpha value is -1.14. The second kappa shape index (κ2) is 3.80. The maximum absolute atomic E-state index is 10.2. The molecular weight excluding hydrogens is 140 g/mol. The number of carbonyl (C=O) groups excluding carboxylic acids is 1. The third kappa shape index (κ3) is 3.00. The lowest BCUT2D eigenvalue weighted by molar-refractivity contribution is -0.149. The number of rotatable bonds is 3. The predicted octanol–water partition coefficient (Wildman–Crippen LogP) is -1.79. The van der Waals surface area contributed by atoms with Crippen molar-refractivity contribution >= 4 is 11.9 Å². The van der Waals surface area contributed by atoms with Gasteiger partial charge in [-0.3, -0.25) is 9.59 Å². The highest BCUT2D eigenvalue weighted by atomic mass is 16.7. The molecule has 0 aliphatic carbocycles. The molecule has 0 aromatic carbocycles. The summed E-state index contributed by atoms with van der Waals surface area (Å²) in [5.41, 5.74) is 4.94. The van der Waals surface area contributed by atoms with E-state index in [0.29, 0.717) is 0 Å². The summed E-state index contributed by atoms with van der Waals surface area (Å²) in [6.07, 6.45) is -0.411.